The van der Waals surface area contributed by atoms with Gasteiger partial charge in [0.1, 0.15) is 12.4 Å². The van der Waals surface area contributed by atoms with E-state index < -0.39 is 0 Å². The summed E-state index contributed by atoms with van der Waals surface area (Å²) in [5.41, 5.74) is 7.89. The Kier molecular flexibility index (Phi) is 2.91. The van der Waals surface area contributed by atoms with E-state index in [-0.39, 0.29) is 0 Å². The minimum atomic E-state index is 0.466. The molecule has 1 fully saturated rings. The van der Waals surface area contributed by atoms with E-state index in [1.54, 1.807) is 0 Å². The zero-order valence-electron chi connectivity index (χ0n) is 9.89. The minimum absolute atomic E-state index is 0.466. The van der Waals surface area contributed by atoms with Gasteiger partial charge in [-0.15, -0.1) is 0 Å². The average Bonchev–Trinajstić information content (AvgIpc) is 2.40. The predicted octanol–water partition coefficient (Wildman–Crippen LogP) is 0.904. The molecule has 0 saturated carbocycles. The van der Waals surface area contributed by atoms with Crippen molar-refractivity contribution < 1.29 is 9.47 Å². The molecule has 1 saturated heterocycles. The minimum Gasteiger partial charge on any atom is -0.489 e. The molecule has 1 aromatic carbocycles. The molecule has 2 aliphatic heterocycles. The lowest BCUT2D eigenvalue weighted by atomic mass is 10.0. The van der Waals surface area contributed by atoms with E-state index in [9.17, 15) is 0 Å². The number of morpholine rings is 1. The Labute approximate surface area is 101 Å². The van der Waals surface area contributed by atoms with Crippen molar-refractivity contribution in [1.29, 1.82) is 0 Å². The van der Waals surface area contributed by atoms with Crippen molar-refractivity contribution in [2.24, 2.45) is 0 Å². The van der Waals surface area contributed by atoms with Gasteiger partial charge in [0.2, 0.25) is 0 Å². The molecule has 92 valence electrons. The summed E-state index contributed by atoms with van der Waals surface area (Å²) >= 11 is 0. The number of benzene rings is 1. The highest BCUT2D eigenvalue weighted by Gasteiger charge is 2.27. The van der Waals surface area contributed by atoms with Crippen molar-refractivity contribution in [3.05, 3.63) is 23.8 Å². The Balaban J connectivity index is 1.76. The number of anilines is 1. The van der Waals surface area contributed by atoms with Crippen LogP contribution in [0.2, 0.25) is 0 Å². The maximum atomic E-state index is 5.91. The third-order valence-corrected chi connectivity index (χ3v) is 3.56. The molecule has 0 radical (unpaired) electrons. The van der Waals surface area contributed by atoms with Crippen LogP contribution in [0.15, 0.2) is 18.2 Å². The molecule has 0 aliphatic carbocycles. The molecule has 3 rings (SSSR count). The fraction of sp³-hybridized carbons (Fsp3) is 0.538. The number of para-hydroxylation sites is 1. The quantitative estimate of drug-likeness (QED) is 0.734. The smallest absolute Gasteiger partial charge is 0.145 e. The van der Waals surface area contributed by atoms with Crippen molar-refractivity contribution in [3.63, 3.8) is 0 Å². The van der Waals surface area contributed by atoms with E-state index in [1.807, 2.05) is 12.1 Å². The summed E-state index contributed by atoms with van der Waals surface area (Å²) in [5.74, 6) is 0.886. The average molecular weight is 234 g/mol. The van der Waals surface area contributed by atoms with E-state index >= 15 is 0 Å². The fourth-order valence-electron chi connectivity index (χ4n) is 2.61. The molecular weight excluding hydrogens is 216 g/mol. The third kappa shape index (κ3) is 2.10. The number of fused-ring (bicyclic) bond motifs is 1. The highest BCUT2D eigenvalue weighted by Crippen LogP contribution is 2.32. The Hall–Kier alpha value is -1.26. The van der Waals surface area contributed by atoms with Gasteiger partial charge in [-0.1, -0.05) is 12.1 Å². The number of nitrogen functional groups attached to an aromatic ring is 1. The SMILES string of the molecule is Nc1cccc2c1OCC(N1CCOCC1)C2. The van der Waals surface area contributed by atoms with Crippen LogP contribution >= 0.6 is 0 Å². The molecule has 1 unspecified atom stereocenters. The van der Waals surface area contributed by atoms with Crippen molar-refractivity contribution in [1.82, 2.24) is 4.90 Å². The molecule has 0 spiro atoms. The fourth-order valence-corrected chi connectivity index (χ4v) is 2.61. The van der Waals surface area contributed by atoms with Gasteiger partial charge in [0.05, 0.1) is 18.9 Å². The van der Waals surface area contributed by atoms with E-state index in [4.69, 9.17) is 15.2 Å². The summed E-state index contributed by atoms with van der Waals surface area (Å²) in [6.07, 6.45) is 1.03. The predicted molar refractivity (Wildman–Crippen MR) is 66.2 cm³/mol. The Morgan fingerprint density at radius 3 is 2.88 bits per heavy atom. The van der Waals surface area contributed by atoms with Gasteiger partial charge in [-0.2, -0.15) is 0 Å². The van der Waals surface area contributed by atoms with Crippen LogP contribution in [-0.2, 0) is 11.2 Å². The van der Waals surface area contributed by atoms with Crippen LogP contribution < -0.4 is 10.5 Å². The first-order valence-electron chi connectivity index (χ1n) is 6.16. The largest absolute Gasteiger partial charge is 0.489 e. The first-order chi connectivity index (χ1) is 8.34. The standard InChI is InChI=1S/C13H18N2O2/c14-12-3-1-2-10-8-11(9-17-13(10)12)15-4-6-16-7-5-15/h1-3,11H,4-9,14H2. The number of hydrogen-bond donors (Lipinski definition) is 1. The van der Waals surface area contributed by atoms with Gasteiger partial charge in [-0.25, -0.2) is 0 Å². The summed E-state index contributed by atoms with van der Waals surface area (Å²) in [5, 5.41) is 0. The first kappa shape index (κ1) is 10.9. The first-order valence-corrected chi connectivity index (χ1v) is 6.16. The van der Waals surface area contributed by atoms with Crippen LogP contribution in [0.3, 0.4) is 0 Å². The van der Waals surface area contributed by atoms with Gasteiger partial charge in [0.25, 0.3) is 0 Å². The number of ether oxygens (including phenoxy) is 2. The van der Waals surface area contributed by atoms with Crippen LogP contribution in [0.5, 0.6) is 5.75 Å². The normalized spacial score (nSPS) is 25.1. The third-order valence-electron chi connectivity index (χ3n) is 3.56. The number of hydrogen-bond acceptors (Lipinski definition) is 4. The van der Waals surface area contributed by atoms with Gasteiger partial charge >= 0.3 is 0 Å². The van der Waals surface area contributed by atoms with Gasteiger partial charge in [-0.05, 0) is 18.1 Å². The number of nitrogens with zero attached hydrogens (tertiary/aromatic N) is 1. The summed E-state index contributed by atoms with van der Waals surface area (Å²) in [6, 6.07) is 6.47. The van der Waals surface area contributed by atoms with Crippen LogP contribution in [0, 0.1) is 0 Å². The molecule has 2 aliphatic rings. The van der Waals surface area contributed by atoms with Gasteiger partial charge in [0.15, 0.2) is 0 Å². The van der Waals surface area contributed by atoms with Crippen molar-refractivity contribution in [2.45, 2.75) is 12.5 Å². The van der Waals surface area contributed by atoms with Gasteiger partial charge < -0.3 is 15.2 Å². The molecule has 2 heterocycles. The maximum absolute atomic E-state index is 5.91. The molecule has 17 heavy (non-hydrogen) atoms. The zero-order valence-corrected chi connectivity index (χ0v) is 9.89. The number of rotatable bonds is 1. The van der Waals surface area contributed by atoms with E-state index in [1.165, 1.54) is 5.56 Å². The summed E-state index contributed by atoms with van der Waals surface area (Å²) in [6.45, 7) is 4.42. The summed E-state index contributed by atoms with van der Waals surface area (Å²) in [7, 11) is 0. The lowest BCUT2D eigenvalue weighted by Gasteiger charge is -2.37. The number of nitrogens with two attached hydrogens (primary N) is 1. The van der Waals surface area contributed by atoms with Crippen LogP contribution in [-0.4, -0.2) is 43.9 Å². The maximum Gasteiger partial charge on any atom is 0.145 e. The lowest BCUT2D eigenvalue weighted by molar-refractivity contribution is 0.00259. The second-order valence-corrected chi connectivity index (χ2v) is 4.65. The zero-order chi connectivity index (χ0) is 11.7. The molecular formula is C13H18N2O2. The van der Waals surface area contributed by atoms with E-state index in [0.717, 1.165) is 50.8 Å². The summed E-state index contributed by atoms with van der Waals surface area (Å²) < 4.78 is 11.2. The van der Waals surface area contributed by atoms with Gasteiger partial charge in [0, 0.05) is 19.1 Å². The lowest BCUT2D eigenvalue weighted by Crippen LogP contribution is -2.48. The highest BCUT2D eigenvalue weighted by atomic mass is 16.5. The molecule has 2 N–H and O–H groups in total. The molecule has 4 nitrogen and oxygen atoms in total. The van der Waals surface area contributed by atoms with Crippen LogP contribution in [0.25, 0.3) is 0 Å². The molecule has 4 heteroatoms. The summed E-state index contributed by atoms with van der Waals surface area (Å²) in [4.78, 5) is 2.45. The van der Waals surface area contributed by atoms with Gasteiger partial charge in [-0.3, -0.25) is 4.90 Å². The molecule has 1 aromatic rings. The topological polar surface area (TPSA) is 47.7 Å². The molecule has 1 atom stereocenters. The molecule has 0 amide bonds. The molecule has 0 bridgehead atoms. The van der Waals surface area contributed by atoms with Crippen LogP contribution in [0.4, 0.5) is 5.69 Å². The second-order valence-electron chi connectivity index (χ2n) is 4.65. The Bertz CT molecular complexity index is 402. The second kappa shape index (κ2) is 4.55. The molecule has 0 aromatic heterocycles. The van der Waals surface area contributed by atoms with E-state index in [0.29, 0.717) is 6.04 Å². The van der Waals surface area contributed by atoms with E-state index in [2.05, 4.69) is 11.0 Å². The Morgan fingerprint density at radius 2 is 2.06 bits per heavy atom. The van der Waals surface area contributed by atoms with Crippen molar-refractivity contribution in [2.75, 3.05) is 38.6 Å². The van der Waals surface area contributed by atoms with Crippen molar-refractivity contribution >= 4 is 5.69 Å². The van der Waals surface area contributed by atoms with Crippen LogP contribution in [0.1, 0.15) is 5.56 Å². The van der Waals surface area contributed by atoms with Crippen molar-refractivity contribution in [3.8, 4) is 5.75 Å². The highest BCUT2D eigenvalue weighted by molar-refractivity contribution is 5.57. The monoisotopic (exact) mass is 234 g/mol. The Morgan fingerprint density at radius 1 is 1.24 bits per heavy atom.